The normalized spacial score (nSPS) is 23.8. The van der Waals surface area contributed by atoms with Crippen LogP contribution in [0.25, 0.3) is 21.9 Å². The van der Waals surface area contributed by atoms with Crippen molar-refractivity contribution in [2.24, 2.45) is 0 Å². The van der Waals surface area contributed by atoms with Gasteiger partial charge in [-0.05, 0) is 43.7 Å². The molecule has 0 radical (unpaired) electrons. The third-order valence-electron chi connectivity index (χ3n) is 6.24. The number of hydrogen-bond acceptors (Lipinski definition) is 4. The molecule has 1 unspecified atom stereocenters. The minimum Gasteiger partial charge on any atom is -0.388 e. The molecule has 5 heterocycles. The van der Waals surface area contributed by atoms with Gasteiger partial charge in [0.05, 0.1) is 23.9 Å². The van der Waals surface area contributed by atoms with Crippen LogP contribution in [0.1, 0.15) is 37.7 Å². The van der Waals surface area contributed by atoms with Crippen LogP contribution >= 0.6 is 0 Å². The summed E-state index contributed by atoms with van der Waals surface area (Å²) in [7, 11) is 0. The molecule has 7 heteroatoms. The van der Waals surface area contributed by atoms with Crippen LogP contribution < -0.4 is 0 Å². The van der Waals surface area contributed by atoms with Crippen molar-refractivity contribution in [3.05, 3.63) is 36.3 Å². The van der Waals surface area contributed by atoms with Gasteiger partial charge in [-0.25, -0.2) is 14.8 Å². The fourth-order valence-corrected chi connectivity index (χ4v) is 4.66. The molecule has 3 aromatic rings. The molecule has 146 valence electrons. The number of aromatic nitrogens is 3. The zero-order valence-electron chi connectivity index (χ0n) is 16.1. The molecule has 0 saturated carbocycles. The Morgan fingerprint density at radius 2 is 2.00 bits per heavy atom. The summed E-state index contributed by atoms with van der Waals surface area (Å²) in [6.45, 7) is 4.34. The number of piperidine rings is 1. The lowest BCUT2D eigenvalue weighted by Crippen LogP contribution is -2.46. The van der Waals surface area contributed by atoms with Gasteiger partial charge in [-0.1, -0.05) is 6.07 Å². The molecule has 7 nitrogen and oxygen atoms in total. The van der Waals surface area contributed by atoms with E-state index in [-0.39, 0.29) is 6.03 Å². The fraction of sp³-hybridized carbons (Fsp3) is 0.476. The van der Waals surface area contributed by atoms with E-state index in [1.54, 1.807) is 11.8 Å². The van der Waals surface area contributed by atoms with Crippen LogP contribution in [-0.4, -0.2) is 67.7 Å². The number of carbonyl (C=O) groups is 1. The van der Waals surface area contributed by atoms with Crippen LogP contribution in [0.4, 0.5) is 4.79 Å². The number of nitrogens with one attached hydrogen (secondary N) is 1. The number of H-pyrrole nitrogens is 1. The van der Waals surface area contributed by atoms with Crippen molar-refractivity contribution in [3.63, 3.8) is 0 Å². The van der Waals surface area contributed by atoms with Gasteiger partial charge in [0, 0.05) is 42.8 Å². The maximum absolute atomic E-state index is 12.8. The van der Waals surface area contributed by atoms with Crippen molar-refractivity contribution < 1.29 is 9.90 Å². The Hall–Kier alpha value is -2.67. The van der Waals surface area contributed by atoms with Gasteiger partial charge in [-0.15, -0.1) is 0 Å². The first-order chi connectivity index (χ1) is 13.5. The number of nitrogens with zero attached hydrogens (tertiary/aromatic N) is 4. The Balaban J connectivity index is 1.35. The molecule has 1 atom stereocenters. The van der Waals surface area contributed by atoms with E-state index in [1.165, 1.54) is 5.56 Å². The number of aromatic amines is 1. The summed E-state index contributed by atoms with van der Waals surface area (Å²) in [5.74, 6) is 0.378. The summed E-state index contributed by atoms with van der Waals surface area (Å²) in [4.78, 5) is 28.8. The Labute approximate surface area is 163 Å². The highest BCUT2D eigenvalue weighted by atomic mass is 16.3. The number of likely N-dealkylation sites (tertiary alicyclic amines) is 2. The number of fused-ring (bicyclic) bond motifs is 3. The summed E-state index contributed by atoms with van der Waals surface area (Å²) in [6, 6.07) is 4.17. The number of urea groups is 1. The number of β-amino-alcohol motifs (C(OH)–C–C–N with tert-alkyl or cyclic N) is 1. The molecule has 0 spiro atoms. The lowest BCUT2D eigenvalue weighted by molar-refractivity contribution is 0.0678. The van der Waals surface area contributed by atoms with Gasteiger partial charge in [0.2, 0.25) is 0 Å². The maximum atomic E-state index is 12.8. The van der Waals surface area contributed by atoms with E-state index in [1.807, 2.05) is 29.6 Å². The lowest BCUT2D eigenvalue weighted by Gasteiger charge is -2.34. The Bertz CT molecular complexity index is 1040. The van der Waals surface area contributed by atoms with Crippen molar-refractivity contribution in [3.8, 4) is 0 Å². The first-order valence-corrected chi connectivity index (χ1v) is 9.99. The van der Waals surface area contributed by atoms with Crippen LogP contribution in [0, 0.1) is 0 Å². The van der Waals surface area contributed by atoms with Crippen molar-refractivity contribution in [1.82, 2.24) is 24.8 Å². The molecule has 0 bridgehead atoms. The van der Waals surface area contributed by atoms with E-state index in [0.717, 1.165) is 47.9 Å². The highest BCUT2D eigenvalue weighted by Crippen LogP contribution is 2.36. The fourth-order valence-electron chi connectivity index (χ4n) is 4.66. The molecular formula is C21H25N5O2. The van der Waals surface area contributed by atoms with Crippen molar-refractivity contribution >= 4 is 28.0 Å². The molecule has 2 saturated heterocycles. The average molecular weight is 379 g/mol. The van der Waals surface area contributed by atoms with Gasteiger partial charge >= 0.3 is 6.03 Å². The van der Waals surface area contributed by atoms with Gasteiger partial charge in [0.15, 0.2) is 5.65 Å². The standard InChI is InChI=1S/C21H25N5O2/c1-21(28)6-10-26(13-21)20(27)25-8-4-14(5-9-25)16-11-23-19-18(16)15-3-2-7-22-17(15)12-24-19/h2-3,7,11-12,14,22,28H,4-6,8-10,13H2,1H3. The number of pyridine rings is 2. The molecule has 5 rings (SSSR count). The van der Waals surface area contributed by atoms with Gasteiger partial charge in [-0.2, -0.15) is 0 Å². The van der Waals surface area contributed by atoms with E-state index < -0.39 is 5.60 Å². The highest BCUT2D eigenvalue weighted by Gasteiger charge is 2.37. The Kier molecular flexibility index (Phi) is 4.01. The third-order valence-corrected chi connectivity index (χ3v) is 6.24. The predicted octanol–water partition coefficient (Wildman–Crippen LogP) is 2.87. The molecule has 2 aliphatic heterocycles. The second kappa shape index (κ2) is 6.44. The second-order valence-corrected chi connectivity index (χ2v) is 8.38. The third kappa shape index (κ3) is 2.90. The van der Waals surface area contributed by atoms with Crippen LogP contribution in [0.5, 0.6) is 0 Å². The van der Waals surface area contributed by atoms with Crippen LogP contribution in [0.15, 0.2) is 30.7 Å². The second-order valence-electron chi connectivity index (χ2n) is 8.38. The van der Waals surface area contributed by atoms with Gasteiger partial charge in [0.1, 0.15) is 0 Å². The zero-order valence-corrected chi connectivity index (χ0v) is 16.1. The first-order valence-electron chi connectivity index (χ1n) is 9.99. The minimum atomic E-state index is -0.751. The van der Waals surface area contributed by atoms with Gasteiger partial charge < -0.3 is 19.9 Å². The smallest absolute Gasteiger partial charge is 0.320 e. The van der Waals surface area contributed by atoms with E-state index in [0.29, 0.717) is 25.4 Å². The first kappa shape index (κ1) is 17.4. The van der Waals surface area contributed by atoms with Crippen molar-refractivity contribution in [2.45, 2.75) is 37.7 Å². The topological polar surface area (TPSA) is 85.3 Å². The summed E-state index contributed by atoms with van der Waals surface area (Å²) in [5, 5.41) is 12.4. The number of aliphatic hydroxyl groups is 1. The van der Waals surface area contributed by atoms with E-state index in [4.69, 9.17) is 0 Å². The minimum absolute atomic E-state index is 0.0587. The van der Waals surface area contributed by atoms with Gasteiger partial charge in [0.25, 0.3) is 0 Å². The quantitative estimate of drug-likeness (QED) is 0.681. The number of hydrogen-bond donors (Lipinski definition) is 2. The molecular weight excluding hydrogens is 354 g/mol. The van der Waals surface area contributed by atoms with Crippen LogP contribution in [0.2, 0.25) is 0 Å². The molecule has 2 N–H and O–H groups in total. The zero-order chi connectivity index (χ0) is 19.3. The van der Waals surface area contributed by atoms with Gasteiger partial charge in [-0.3, -0.25) is 0 Å². The SMILES string of the molecule is CC1(O)CCN(C(=O)N2CCC(c3cnc4ncc5[nH]cccc5c34)CC2)C1. The maximum Gasteiger partial charge on any atom is 0.320 e. The Morgan fingerprint density at radius 3 is 2.75 bits per heavy atom. The molecule has 0 aromatic carbocycles. The van der Waals surface area contributed by atoms with Crippen LogP contribution in [-0.2, 0) is 0 Å². The largest absolute Gasteiger partial charge is 0.388 e. The molecule has 2 fully saturated rings. The summed E-state index contributed by atoms with van der Waals surface area (Å²) in [6.07, 6.45) is 8.20. The van der Waals surface area contributed by atoms with Crippen molar-refractivity contribution in [2.75, 3.05) is 26.2 Å². The number of carbonyl (C=O) groups excluding carboxylic acids is 1. The summed E-state index contributed by atoms with van der Waals surface area (Å²) in [5.41, 5.74) is 2.29. The highest BCUT2D eigenvalue weighted by molar-refractivity contribution is 6.05. The van der Waals surface area contributed by atoms with E-state index >= 15 is 0 Å². The molecule has 2 aliphatic rings. The monoisotopic (exact) mass is 379 g/mol. The van der Waals surface area contributed by atoms with Crippen molar-refractivity contribution in [1.29, 1.82) is 0 Å². The summed E-state index contributed by atoms with van der Waals surface area (Å²) >= 11 is 0. The lowest BCUT2D eigenvalue weighted by atomic mass is 9.89. The van der Waals surface area contributed by atoms with Crippen LogP contribution in [0.3, 0.4) is 0 Å². The van der Waals surface area contributed by atoms with E-state index in [2.05, 4.69) is 21.0 Å². The molecule has 28 heavy (non-hydrogen) atoms. The molecule has 2 amide bonds. The Morgan fingerprint density at radius 1 is 1.21 bits per heavy atom. The predicted molar refractivity (Wildman–Crippen MR) is 107 cm³/mol. The average Bonchev–Trinajstić information content (AvgIpc) is 3.31. The number of rotatable bonds is 1. The van der Waals surface area contributed by atoms with E-state index in [9.17, 15) is 9.90 Å². The summed E-state index contributed by atoms with van der Waals surface area (Å²) < 4.78 is 0. The molecule has 3 aromatic heterocycles. The number of amides is 2. The molecule has 0 aliphatic carbocycles.